The molecule has 4 rings (SSSR count). The summed E-state index contributed by atoms with van der Waals surface area (Å²) in [4.78, 5) is 0. The Morgan fingerprint density at radius 1 is 0.435 bits per heavy atom. The van der Waals surface area contributed by atoms with Gasteiger partial charge in [-0.15, -0.1) is 50.9 Å². The Balaban J connectivity index is -0.000000243. The van der Waals surface area contributed by atoms with Gasteiger partial charge in [0.25, 0.3) is 0 Å². The first-order chi connectivity index (χ1) is 29.3. The molecule has 30 heteroatoms. The minimum atomic E-state index is -6.85. The molecule has 0 spiro atoms. The fourth-order valence-corrected chi connectivity index (χ4v) is 6.09. The Bertz CT molecular complexity index is 2290. The second kappa shape index (κ2) is 31.5. The third kappa shape index (κ3) is 27.6. The Morgan fingerprint density at radius 2 is 0.667 bits per heavy atom. The van der Waals surface area contributed by atoms with Gasteiger partial charge in [-0.25, -0.2) is 8.78 Å². The molecule has 0 saturated carbocycles. The van der Waals surface area contributed by atoms with Gasteiger partial charge in [0, 0.05) is 0 Å². The number of phenols is 2. The number of aryl methyl sites for hydroxylation is 11. The molecule has 10 nitrogen and oxygen atoms in total. The van der Waals surface area contributed by atoms with E-state index < -0.39 is 46.9 Å². The van der Waals surface area contributed by atoms with Crippen LogP contribution in [-0.2, 0) is 34.0 Å². The Hall–Kier alpha value is -1.19. The van der Waals surface area contributed by atoms with Crippen molar-refractivity contribution in [3.05, 3.63) is 121 Å². The summed E-state index contributed by atoms with van der Waals surface area (Å²) in [5, 5.41) is 18.3. The van der Waals surface area contributed by atoms with E-state index in [2.05, 4.69) is 51.5 Å². The molecule has 2 N–H and O–H groups in total. The van der Waals surface area contributed by atoms with E-state index >= 15 is 0 Å². The van der Waals surface area contributed by atoms with Crippen LogP contribution in [0.15, 0.2) is 48.5 Å². The summed E-state index contributed by atoms with van der Waals surface area (Å²) in [6, 6.07) is 12.8. The fraction of sp³-hybridized carbons (Fsp3) is 0.385. The quantitative estimate of drug-likeness (QED) is 0.0904. The van der Waals surface area contributed by atoms with Gasteiger partial charge in [-0.2, -0.15) is 64.8 Å². The summed E-state index contributed by atoms with van der Waals surface area (Å²) >= 11 is 9.31. The van der Waals surface area contributed by atoms with E-state index in [0.29, 0.717) is 28.0 Å². The van der Waals surface area contributed by atoms with E-state index in [1.807, 2.05) is 50.4 Å². The van der Waals surface area contributed by atoms with Crippen LogP contribution in [0.1, 0.15) is 68.6 Å². The Morgan fingerprint density at radius 3 is 0.971 bits per heavy atom. The van der Waals surface area contributed by atoms with Crippen LogP contribution in [0.4, 0.5) is 48.3 Å². The average Bonchev–Trinajstić information content (AvgIpc) is 3.10. The van der Waals surface area contributed by atoms with Crippen molar-refractivity contribution in [2.24, 2.45) is 0 Å². The van der Waals surface area contributed by atoms with Gasteiger partial charge >= 0.3 is 119 Å². The van der Waals surface area contributed by atoms with E-state index in [1.165, 1.54) is 30.7 Å². The van der Waals surface area contributed by atoms with E-state index in [9.17, 15) is 78.7 Å². The number of benzene rings is 4. The first-order valence-electron chi connectivity index (χ1n) is 17.6. The van der Waals surface area contributed by atoms with Gasteiger partial charge in [-0.05, 0) is 168 Å². The van der Waals surface area contributed by atoms with Gasteiger partial charge in [0.15, 0.2) is 0 Å². The first kappa shape index (κ1) is 76.7. The molecule has 0 aromatic heterocycles. The summed E-state index contributed by atoms with van der Waals surface area (Å²) in [6.07, 6.45) is 0. The zero-order chi connectivity index (χ0) is 52.9. The number of aromatic hydroxyl groups is 2. The predicted octanol–water partition coefficient (Wildman–Crippen LogP) is 7.56. The van der Waals surface area contributed by atoms with Crippen molar-refractivity contribution in [3.8, 4) is 17.2 Å². The number of alkyl halides is 9. The molecule has 390 valence electrons. The molecular weight excluding hydrogens is 1340 g/mol. The molecule has 0 amide bonds. The van der Waals surface area contributed by atoms with E-state index in [1.54, 1.807) is 52.8 Å². The minimum Gasteiger partial charge on any atom is -1.00 e. The zero-order valence-electron chi connectivity index (χ0n) is 37.8. The number of hydrogen-bond acceptors (Lipinski definition) is 10. The number of halogens is 15. The van der Waals surface area contributed by atoms with Crippen LogP contribution in [0.5, 0.6) is 17.2 Å². The van der Waals surface area contributed by atoms with Crippen LogP contribution in [0.3, 0.4) is 0 Å². The molecule has 0 heterocycles. The standard InChI is InChI=1S/C10H11F3O3S.C9H11F.C9H12O.C8H9FO.C2F6O5S2.CH4.BBr3.Cs.FH/c1-6-4-8(3)9(5-7(6)2)16-17(14,15)10(11,12)13;2*1-6-4-8(3)9(10)5-7(6)2;1-5-4-8(10)6(2)3-7(5)9;3-1(4,5)14(9,10)13-15(11,12)2(6,7)8;;2-1(3)4;;/h4-5H,1-3H3;4-5H,1-3H3;4-5,10H,1-3H3;3-4,10H,1-2H3;;1H4;;;1H/q;;;;;;;+1;/p-1. The molecule has 0 fully saturated rings. The molecule has 0 aliphatic heterocycles. The third-order valence-corrected chi connectivity index (χ3v) is 11.6. The first-order valence-corrected chi connectivity index (χ1v) is 24.6. The van der Waals surface area contributed by atoms with Crippen molar-refractivity contribution >= 4 is 80.8 Å². The molecule has 0 atom stereocenters. The van der Waals surface area contributed by atoms with Crippen molar-refractivity contribution in [3.63, 3.8) is 0 Å². The van der Waals surface area contributed by atoms with Crippen molar-refractivity contribution in [1.29, 1.82) is 0 Å². The smallest absolute Gasteiger partial charge is 1.00 e. The maximum absolute atomic E-state index is 12.8. The average molecular weight is 1380 g/mol. The topological polar surface area (TPSA) is 161 Å². The van der Waals surface area contributed by atoms with Crippen LogP contribution in [-0.4, -0.2) is 55.2 Å². The normalized spacial score (nSPS) is 11.1. The summed E-state index contributed by atoms with van der Waals surface area (Å²) < 4.78 is 198. The van der Waals surface area contributed by atoms with Crippen LogP contribution < -0.4 is 77.8 Å². The molecule has 69 heavy (non-hydrogen) atoms. The molecule has 0 bridgehead atoms. The van der Waals surface area contributed by atoms with Crippen molar-refractivity contribution < 1.29 is 165 Å². The summed E-state index contributed by atoms with van der Waals surface area (Å²) in [5.41, 5.74) is -8.84. The number of hydrogen-bond donors (Lipinski definition) is 2. The van der Waals surface area contributed by atoms with Crippen molar-refractivity contribution in [2.45, 2.75) is 100 Å². The van der Waals surface area contributed by atoms with E-state index in [0.717, 1.165) is 33.4 Å². The van der Waals surface area contributed by atoms with Crippen LogP contribution >= 0.6 is 47.3 Å². The summed E-state index contributed by atoms with van der Waals surface area (Å²) in [5.74, 6) is -0.133. The summed E-state index contributed by atoms with van der Waals surface area (Å²) in [6.45, 7) is 19.8. The number of phenolic OH excluding ortho intramolecular Hbond substituents is 2. The predicted molar refractivity (Wildman–Crippen MR) is 247 cm³/mol. The molecule has 0 saturated heterocycles. The van der Waals surface area contributed by atoms with Crippen LogP contribution in [0, 0.1) is 87.8 Å². The van der Waals surface area contributed by atoms with E-state index in [-0.39, 0.29) is 107 Å². The van der Waals surface area contributed by atoms with Gasteiger partial charge in [0.2, 0.25) is 0 Å². The molecule has 0 aliphatic carbocycles. The monoisotopic (exact) mass is 1380 g/mol. The number of rotatable bonds is 4. The molecule has 0 radical (unpaired) electrons. The second-order valence-corrected chi connectivity index (χ2v) is 24.9. The van der Waals surface area contributed by atoms with Gasteiger partial charge < -0.3 is 19.1 Å². The minimum absolute atomic E-state index is 0. The fourth-order valence-electron chi connectivity index (χ4n) is 4.02. The largest absolute Gasteiger partial charge is 1.00 e. The molecule has 4 aromatic rings. The van der Waals surface area contributed by atoms with E-state index in [4.69, 9.17) is 5.11 Å². The molecule has 4 aromatic carbocycles. The summed E-state index contributed by atoms with van der Waals surface area (Å²) in [7, 11) is -19.3. The van der Waals surface area contributed by atoms with Gasteiger partial charge in [0.1, 0.15) is 28.9 Å². The molecule has 0 unspecified atom stereocenters. The zero-order valence-corrected chi connectivity index (χ0v) is 51.2. The van der Waals surface area contributed by atoms with Gasteiger partial charge in [-0.3, -0.25) is 0 Å². The van der Waals surface area contributed by atoms with Gasteiger partial charge in [-0.1, -0.05) is 25.6 Å². The van der Waals surface area contributed by atoms with Gasteiger partial charge in [0.05, 0.1) is 0 Å². The molecule has 0 aliphatic rings. The van der Waals surface area contributed by atoms with Crippen LogP contribution in [0.25, 0.3) is 0 Å². The Labute approximate surface area is 478 Å². The SMILES string of the molecule is BrB(Br)Br.C.Cc1cc(C)c(F)cc1C.Cc1cc(C)c(O)cc1C.Cc1cc(C)c(OS(=O)(=O)C(F)(F)F)cc1C.Cc1cc(F)c(C)cc1O.O=S(=O)(OS(=O)(=O)C(F)(F)F)C(F)(F)F.[Cs+].[F-]. The maximum Gasteiger partial charge on any atom is 1.00 e. The Kier molecular flexibility index (Phi) is 35.0. The van der Waals surface area contributed by atoms with Crippen LogP contribution in [0.2, 0.25) is 0 Å². The second-order valence-electron chi connectivity index (χ2n) is 13.6. The third-order valence-electron chi connectivity index (χ3n) is 8.08. The maximum atomic E-state index is 12.8. The van der Waals surface area contributed by atoms with Crippen molar-refractivity contribution in [2.75, 3.05) is 0 Å². The molecular formula is C39H47BBr3CsF12O10S3. The van der Waals surface area contributed by atoms with Crippen molar-refractivity contribution in [1.82, 2.24) is 0 Å².